The van der Waals surface area contributed by atoms with Gasteiger partial charge in [-0.3, -0.25) is 9.36 Å². The monoisotopic (exact) mass is 336 g/mol. The predicted molar refractivity (Wildman–Crippen MR) is 93.8 cm³/mol. The molecule has 1 aromatic rings. The SMILES string of the molecule is CCO/C=C/c1cn([C@@H](CC(C)C)C(=O)OC)c(=O)c(C(C)C)n1. The van der Waals surface area contributed by atoms with Gasteiger partial charge >= 0.3 is 5.97 Å². The first-order valence-electron chi connectivity index (χ1n) is 8.30. The van der Waals surface area contributed by atoms with Crippen LogP contribution in [0.4, 0.5) is 0 Å². The van der Waals surface area contributed by atoms with E-state index in [1.807, 2.05) is 34.6 Å². The normalized spacial score (nSPS) is 12.8. The van der Waals surface area contributed by atoms with Gasteiger partial charge in [0.2, 0.25) is 0 Å². The van der Waals surface area contributed by atoms with Gasteiger partial charge in [-0.15, -0.1) is 0 Å². The van der Waals surface area contributed by atoms with Crippen LogP contribution in [0, 0.1) is 5.92 Å². The average Bonchev–Trinajstić information content (AvgIpc) is 2.53. The zero-order valence-electron chi connectivity index (χ0n) is 15.4. The van der Waals surface area contributed by atoms with E-state index in [2.05, 4.69) is 4.98 Å². The molecule has 1 aromatic heterocycles. The Kier molecular flexibility index (Phi) is 7.68. The fraction of sp³-hybridized carbons (Fsp3) is 0.611. The van der Waals surface area contributed by atoms with Crippen LogP contribution in [0.1, 0.15) is 64.4 Å². The lowest BCUT2D eigenvalue weighted by Gasteiger charge is -2.21. The van der Waals surface area contributed by atoms with Gasteiger partial charge in [0.15, 0.2) is 0 Å². The second-order valence-electron chi connectivity index (χ2n) is 6.34. The molecule has 0 aliphatic carbocycles. The van der Waals surface area contributed by atoms with E-state index < -0.39 is 12.0 Å². The summed E-state index contributed by atoms with van der Waals surface area (Å²) in [6.45, 7) is 10.2. The Morgan fingerprint density at radius 2 is 2.00 bits per heavy atom. The molecule has 1 atom stereocenters. The van der Waals surface area contributed by atoms with Crippen molar-refractivity contribution >= 4 is 12.0 Å². The summed E-state index contributed by atoms with van der Waals surface area (Å²) in [5.74, 6) is -0.243. The Balaban J connectivity index is 3.46. The molecular weight excluding hydrogens is 308 g/mol. The second-order valence-corrected chi connectivity index (χ2v) is 6.34. The Hall–Kier alpha value is -2.11. The van der Waals surface area contributed by atoms with E-state index >= 15 is 0 Å². The van der Waals surface area contributed by atoms with E-state index in [0.29, 0.717) is 24.4 Å². The molecule has 0 aliphatic rings. The fourth-order valence-electron chi connectivity index (χ4n) is 2.36. The summed E-state index contributed by atoms with van der Waals surface area (Å²) in [7, 11) is 1.33. The summed E-state index contributed by atoms with van der Waals surface area (Å²) in [6.07, 6.45) is 5.34. The molecule has 134 valence electrons. The van der Waals surface area contributed by atoms with Gasteiger partial charge in [0.05, 0.1) is 25.7 Å². The van der Waals surface area contributed by atoms with Crippen molar-refractivity contribution < 1.29 is 14.3 Å². The maximum Gasteiger partial charge on any atom is 0.328 e. The number of carbonyl (C=O) groups is 1. The van der Waals surface area contributed by atoms with Crippen LogP contribution >= 0.6 is 0 Å². The molecule has 0 aromatic carbocycles. The number of hydrogen-bond acceptors (Lipinski definition) is 5. The van der Waals surface area contributed by atoms with Crippen molar-refractivity contribution in [2.45, 2.75) is 53.0 Å². The maximum atomic E-state index is 12.8. The van der Waals surface area contributed by atoms with Gasteiger partial charge < -0.3 is 9.47 Å². The number of carbonyl (C=O) groups excluding carboxylic acids is 1. The standard InChI is InChI=1S/C18H28N2O4/c1-7-24-9-8-14-11-20(17(21)16(19-14)13(4)5)15(10-12(2)3)18(22)23-6/h8-9,11-13,15H,7,10H2,1-6H3/b9-8+/t15-/m0/s1. The molecule has 0 fully saturated rings. The van der Waals surface area contributed by atoms with E-state index in [-0.39, 0.29) is 17.4 Å². The zero-order valence-corrected chi connectivity index (χ0v) is 15.4. The Labute approximate surface area is 143 Å². The van der Waals surface area contributed by atoms with Crippen molar-refractivity contribution in [3.63, 3.8) is 0 Å². The second kappa shape index (κ2) is 9.25. The van der Waals surface area contributed by atoms with Crippen molar-refractivity contribution in [2.24, 2.45) is 5.92 Å². The van der Waals surface area contributed by atoms with Crippen LogP contribution in [0.5, 0.6) is 0 Å². The van der Waals surface area contributed by atoms with E-state index in [9.17, 15) is 9.59 Å². The smallest absolute Gasteiger partial charge is 0.328 e. The number of methoxy groups -OCH3 is 1. The summed E-state index contributed by atoms with van der Waals surface area (Å²) >= 11 is 0. The van der Waals surface area contributed by atoms with Crippen molar-refractivity contribution in [1.82, 2.24) is 9.55 Å². The van der Waals surface area contributed by atoms with Gasteiger partial charge in [-0.25, -0.2) is 9.78 Å². The molecular formula is C18H28N2O4. The minimum atomic E-state index is -0.665. The third kappa shape index (κ3) is 5.22. The van der Waals surface area contributed by atoms with Gasteiger partial charge in [0, 0.05) is 12.1 Å². The van der Waals surface area contributed by atoms with Crippen LogP contribution < -0.4 is 5.56 Å². The predicted octanol–water partition coefficient (Wildman–Crippen LogP) is 3.13. The number of esters is 1. The van der Waals surface area contributed by atoms with E-state index in [1.54, 1.807) is 12.3 Å². The average molecular weight is 336 g/mol. The van der Waals surface area contributed by atoms with Crippen LogP contribution in [-0.4, -0.2) is 29.2 Å². The molecule has 1 rings (SSSR count). The number of rotatable bonds is 8. The molecule has 0 saturated carbocycles. The Morgan fingerprint density at radius 1 is 1.33 bits per heavy atom. The molecule has 0 spiro atoms. The van der Waals surface area contributed by atoms with Crippen LogP contribution in [0.2, 0.25) is 0 Å². The topological polar surface area (TPSA) is 70.4 Å². The summed E-state index contributed by atoms with van der Waals surface area (Å²) in [6, 6.07) is -0.665. The van der Waals surface area contributed by atoms with E-state index in [0.717, 1.165) is 0 Å². The number of hydrogen-bond donors (Lipinski definition) is 0. The molecule has 0 unspecified atom stereocenters. The third-order valence-electron chi connectivity index (χ3n) is 3.53. The van der Waals surface area contributed by atoms with Crippen LogP contribution in [0.15, 0.2) is 17.3 Å². The molecule has 0 amide bonds. The van der Waals surface area contributed by atoms with Crippen LogP contribution in [-0.2, 0) is 14.3 Å². The first-order chi connectivity index (χ1) is 11.3. The molecule has 0 bridgehead atoms. The first kappa shape index (κ1) is 19.9. The molecule has 0 saturated heterocycles. The molecule has 24 heavy (non-hydrogen) atoms. The molecule has 0 N–H and O–H groups in total. The van der Waals surface area contributed by atoms with Crippen molar-refractivity contribution in [3.8, 4) is 0 Å². The molecule has 6 nitrogen and oxygen atoms in total. The minimum absolute atomic E-state index is 0.0541. The summed E-state index contributed by atoms with van der Waals surface area (Å²) in [5, 5.41) is 0. The quantitative estimate of drug-likeness (QED) is 0.539. The highest BCUT2D eigenvalue weighted by atomic mass is 16.5. The fourth-order valence-corrected chi connectivity index (χ4v) is 2.36. The van der Waals surface area contributed by atoms with Crippen molar-refractivity contribution in [3.05, 3.63) is 34.2 Å². The van der Waals surface area contributed by atoms with Gasteiger partial charge in [-0.05, 0) is 25.3 Å². The van der Waals surface area contributed by atoms with Gasteiger partial charge in [-0.1, -0.05) is 27.7 Å². The van der Waals surface area contributed by atoms with Crippen molar-refractivity contribution in [2.75, 3.05) is 13.7 Å². The highest BCUT2D eigenvalue weighted by molar-refractivity contribution is 5.74. The third-order valence-corrected chi connectivity index (χ3v) is 3.53. The van der Waals surface area contributed by atoms with Gasteiger partial charge in [0.25, 0.3) is 5.56 Å². The highest BCUT2D eigenvalue weighted by Gasteiger charge is 2.25. The zero-order chi connectivity index (χ0) is 18.3. The lowest BCUT2D eigenvalue weighted by molar-refractivity contribution is -0.145. The van der Waals surface area contributed by atoms with Gasteiger partial charge in [0.1, 0.15) is 11.7 Å². The lowest BCUT2D eigenvalue weighted by Crippen LogP contribution is -2.34. The summed E-state index contributed by atoms with van der Waals surface area (Å²) in [4.78, 5) is 29.4. The van der Waals surface area contributed by atoms with Crippen LogP contribution in [0.25, 0.3) is 6.08 Å². The molecule has 0 aliphatic heterocycles. The van der Waals surface area contributed by atoms with E-state index in [4.69, 9.17) is 9.47 Å². The number of nitrogens with zero attached hydrogens (tertiary/aromatic N) is 2. The Bertz CT molecular complexity index is 632. The highest BCUT2D eigenvalue weighted by Crippen LogP contribution is 2.19. The summed E-state index contributed by atoms with van der Waals surface area (Å²) in [5.41, 5.74) is 0.741. The molecule has 1 heterocycles. The number of ether oxygens (including phenoxy) is 2. The molecule has 0 radical (unpaired) electrons. The largest absolute Gasteiger partial charge is 0.501 e. The Morgan fingerprint density at radius 3 is 2.50 bits per heavy atom. The van der Waals surface area contributed by atoms with Crippen LogP contribution in [0.3, 0.4) is 0 Å². The first-order valence-corrected chi connectivity index (χ1v) is 8.30. The van der Waals surface area contributed by atoms with Crippen molar-refractivity contribution in [1.29, 1.82) is 0 Å². The lowest BCUT2D eigenvalue weighted by atomic mass is 10.0. The maximum absolute atomic E-state index is 12.8. The van der Waals surface area contributed by atoms with E-state index in [1.165, 1.54) is 17.9 Å². The van der Waals surface area contributed by atoms with Gasteiger partial charge in [-0.2, -0.15) is 0 Å². The minimum Gasteiger partial charge on any atom is -0.501 e. The molecule has 6 heteroatoms. The number of aromatic nitrogens is 2. The summed E-state index contributed by atoms with van der Waals surface area (Å²) < 4.78 is 11.5.